The maximum absolute atomic E-state index is 12.4. The van der Waals surface area contributed by atoms with Crippen molar-refractivity contribution in [1.29, 1.82) is 0 Å². The molecule has 2 rings (SSSR count). The highest BCUT2D eigenvalue weighted by Gasteiger charge is 2.16. The van der Waals surface area contributed by atoms with Crippen molar-refractivity contribution in [1.82, 2.24) is 5.32 Å². The lowest BCUT2D eigenvalue weighted by atomic mass is 10.1. The van der Waals surface area contributed by atoms with Crippen molar-refractivity contribution in [2.45, 2.75) is 58.5 Å². The van der Waals surface area contributed by atoms with Crippen molar-refractivity contribution in [2.24, 2.45) is 10.7 Å². The molecule has 2 aromatic rings. The predicted molar refractivity (Wildman–Crippen MR) is 122 cm³/mol. The molecule has 8 nitrogen and oxygen atoms in total. The highest BCUT2D eigenvalue weighted by molar-refractivity contribution is 7.20. The van der Waals surface area contributed by atoms with Crippen molar-refractivity contribution in [3.8, 4) is 0 Å². The van der Waals surface area contributed by atoms with Crippen LogP contribution in [0, 0.1) is 0 Å². The molecular formula is C22H29N3O5S. The van der Waals surface area contributed by atoms with E-state index in [-0.39, 0.29) is 18.2 Å². The molecule has 0 aliphatic heterocycles. The SMILES string of the molecule is CC(C)(C)OC(=O)/N=C(\N)c1ccc2sc(C(=O)NCCCCCCC(=O)O)cc2c1. The molecule has 4 N–H and O–H groups in total. The predicted octanol–water partition coefficient (Wildman–Crippen LogP) is 4.31. The number of nitrogens with two attached hydrogens (primary N) is 1. The van der Waals surface area contributed by atoms with Crippen LogP contribution in [0.15, 0.2) is 29.3 Å². The Hall–Kier alpha value is -2.94. The molecule has 9 heteroatoms. The number of unbranched alkanes of at least 4 members (excludes halogenated alkanes) is 3. The number of aliphatic imine (C=N–C) groups is 1. The van der Waals surface area contributed by atoms with Gasteiger partial charge >= 0.3 is 12.1 Å². The lowest BCUT2D eigenvalue weighted by Gasteiger charge is -2.17. The van der Waals surface area contributed by atoms with E-state index in [1.807, 2.05) is 6.07 Å². The molecule has 1 aromatic heterocycles. The number of amides is 2. The number of hydrogen-bond acceptors (Lipinski definition) is 5. The number of carboxylic acids is 1. The summed E-state index contributed by atoms with van der Waals surface area (Å²) in [6.07, 6.45) is 2.60. The van der Waals surface area contributed by atoms with Crippen LogP contribution in [-0.2, 0) is 9.53 Å². The average molecular weight is 448 g/mol. The van der Waals surface area contributed by atoms with Crippen LogP contribution in [0.2, 0.25) is 0 Å². The monoisotopic (exact) mass is 447 g/mol. The standard InChI is InChI=1S/C22H29N3O5S/c1-22(2,3)30-21(29)25-19(23)14-9-10-16-15(12-14)13-17(31-16)20(28)24-11-7-5-4-6-8-18(26)27/h9-10,12-13H,4-8,11H2,1-3H3,(H,24,28)(H,26,27)(H2,23,25,29). The number of hydrogen-bond donors (Lipinski definition) is 3. The van der Waals surface area contributed by atoms with Crippen LogP contribution in [0.3, 0.4) is 0 Å². The van der Waals surface area contributed by atoms with Gasteiger partial charge in [0.1, 0.15) is 11.4 Å². The molecule has 31 heavy (non-hydrogen) atoms. The van der Waals surface area contributed by atoms with Gasteiger partial charge in [-0.05, 0) is 63.3 Å². The Kier molecular flexibility index (Phi) is 8.56. The number of ether oxygens (including phenoxy) is 1. The lowest BCUT2D eigenvalue weighted by Crippen LogP contribution is -2.24. The van der Waals surface area contributed by atoms with Crippen molar-refractivity contribution < 1.29 is 24.2 Å². The van der Waals surface area contributed by atoms with E-state index in [0.717, 1.165) is 29.3 Å². The minimum atomic E-state index is -0.779. The summed E-state index contributed by atoms with van der Waals surface area (Å²) in [6, 6.07) is 7.16. The zero-order chi connectivity index (χ0) is 23.0. The van der Waals surface area contributed by atoms with E-state index in [2.05, 4.69) is 10.3 Å². The van der Waals surface area contributed by atoms with E-state index in [1.54, 1.807) is 39.0 Å². The number of nitrogens with zero attached hydrogens (tertiary/aromatic N) is 1. The second kappa shape index (κ2) is 10.9. The fraction of sp³-hybridized carbons (Fsp3) is 0.455. The summed E-state index contributed by atoms with van der Waals surface area (Å²) >= 11 is 1.37. The minimum absolute atomic E-state index is 0.0521. The molecular weight excluding hydrogens is 418 g/mol. The zero-order valence-electron chi connectivity index (χ0n) is 18.1. The van der Waals surface area contributed by atoms with E-state index >= 15 is 0 Å². The van der Waals surface area contributed by atoms with Gasteiger partial charge in [-0.2, -0.15) is 4.99 Å². The van der Waals surface area contributed by atoms with Gasteiger partial charge in [-0.25, -0.2) is 4.79 Å². The first-order valence-electron chi connectivity index (χ1n) is 10.2. The van der Waals surface area contributed by atoms with Crippen LogP contribution < -0.4 is 11.1 Å². The fourth-order valence-corrected chi connectivity index (χ4v) is 3.77. The van der Waals surface area contributed by atoms with Crippen molar-refractivity contribution in [2.75, 3.05) is 6.54 Å². The molecule has 0 fully saturated rings. The summed E-state index contributed by atoms with van der Waals surface area (Å²) in [5.41, 5.74) is 5.87. The Morgan fingerprint density at radius 3 is 2.52 bits per heavy atom. The Morgan fingerprint density at radius 1 is 1.13 bits per heavy atom. The lowest BCUT2D eigenvalue weighted by molar-refractivity contribution is -0.137. The van der Waals surface area contributed by atoms with Gasteiger partial charge in [0.05, 0.1) is 4.88 Å². The summed E-state index contributed by atoms with van der Waals surface area (Å²) in [4.78, 5) is 39.1. The maximum atomic E-state index is 12.4. The number of rotatable bonds is 9. The Labute approximate surface area is 185 Å². The van der Waals surface area contributed by atoms with Crippen LogP contribution in [-0.4, -0.2) is 41.1 Å². The molecule has 168 valence electrons. The zero-order valence-corrected chi connectivity index (χ0v) is 18.9. The van der Waals surface area contributed by atoms with Gasteiger partial charge in [-0.3, -0.25) is 9.59 Å². The first-order valence-corrected chi connectivity index (χ1v) is 11.0. The maximum Gasteiger partial charge on any atom is 0.436 e. The normalized spacial score (nSPS) is 12.0. The second-order valence-electron chi connectivity index (χ2n) is 8.15. The van der Waals surface area contributed by atoms with Crippen LogP contribution in [0.1, 0.15) is 68.1 Å². The van der Waals surface area contributed by atoms with Gasteiger partial charge in [-0.1, -0.05) is 12.8 Å². The van der Waals surface area contributed by atoms with Crippen LogP contribution in [0.25, 0.3) is 10.1 Å². The second-order valence-corrected chi connectivity index (χ2v) is 9.24. The van der Waals surface area contributed by atoms with Crippen molar-refractivity contribution >= 4 is 45.2 Å². The molecule has 2 amide bonds. The van der Waals surface area contributed by atoms with Crippen LogP contribution in [0.5, 0.6) is 0 Å². The third kappa shape index (κ3) is 8.37. The highest BCUT2D eigenvalue weighted by Crippen LogP contribution is 2.26. The molecule has 0 atom stereocenters. The topological polar surface area (TPSA) is 131 Å². The van der Waals surface area contributed by atoms with E-state index < -0.39 is 17.7 Å². The van der Waals surface area contributed by atoms with E-state index in [4.69, 9.17) is 15.6 Å². The van der Waals surface area contributed by atoms with Gasteiger partial charge < -0.3 is 20.9 Å². The van der Waals surface area contributed by atoms with E-state index in [0.29, 0.717) is 23.4 Å². The highest BCUT2D eigenvalue weighted by atomic mass is 32.1. The van der Waals surface area contributed by atoms with Gasteiger partial charge in [0.25, 0.3) is 5.91 Å². The van der Waals surface area contributed by atoms with Gasteiger partial charge in [0.15, 0.2) is 0 Å². The first-order chi connectivity index (χ1) is 14.5. The number of aliphatic carboxylic acids is 1. The molecule has 1 aromatic carbocycles. The molecule has 0 saturated carbocycles. The van der Waals surface area contributed by atoms with Gasteiger partial charge in [-0.15, -0.1) is 11.3 Å². The van der Waals surface area contributed by atoms with Gasteiger partial charge in [0, 0.05) is 23.2 Å². The molecule has 0 radical (unpaired) electrons. The molecule has 0 aliphatic carbocycles. The van der Waals surface area contributed by atoms with Crippen LogP contribution >= 0.6 is 11.3 Å². The average Bonchev–Trinajstić information content (AvgIpc) is 3.08. The minimum Gasteiger partial charge on any atom is -0.481 e. The molecule has 0 spiro atoms. The number of fused-ring (bicyclic) bond motifs is 1. The number of benzene rings is 1. The summed E-state index contributed by atoms with van der Waals surface area (Å²) in [7, 11) is 0. The van der Waals surface area contributed by atoms with Crippen LogP contribution in [0.4, 0.5) is 4.79 Å². The molecule has 1 heterocycles. The summed E-state index contributed by atoms with van der Waals surface area (Å²) < 4.78 is 6.07. The van der Waals surface area contributed by atoms with E-state index in [1.165, 1.54) is 11.3 Å². The largest absolute Gasteiger partial charge is 0.481 e. The number of amidine groups is 1. The molecule has 0 aliphatic rings. The number of thiophene rings is 1. The third-order valence-corrected chi connectivity index (χ3v) is 5.36. The number of carboxylic acid groups (broad SMARTS) is 1. The first kappa shape index (κ1) is 24.3. The van der Waals surface area contributed by atoms with Gasteiger partial charge in [0.2, 0.25) is 0 Å². The number of carbonyl (C=O) groups excluding carboxylic acids is 2. The number of carbonyl (C=O) groups is 3. The quantitative estimate of drug-likeness (QED) is 0.298. The Morgan fingerprint density at radius 2 is 1.84 bits per heavy atom. The van der Waals surface area contributed by atoms with E-state index in [9.17, 15) is 14.4 Å². The Bertz CT molecular complexity index is 975. The summed E-state index contributed by atoms with van der Waals surface area (Å²) in [5, 5.41) is 12.3. The summed E-state index contributed by atoms with van der Waals surface area (Å²) in [5.74, 6) is -0.876. The molecule has 0 bridgehead atoms. The van der Waals surface area contributed by atoms with Crippen molar-refractivity contribution in [3.63, 3.8) is 0 Å². The third-order valence-electron chi connectivity index (χ3n) is 4.24. The smallest absolute Gasteiger partial charge is 0.436 e. The molecule has 0 saturated heterocycles. The Balaban J connectivity index is 1.93. The molecule has 0 unspecified atom stereocenters. The van der Waals surface area contributed by atoms with Crippen molar-refractivity contribution in [3.05, 3.63) is 34.7 Å². The summed E-state index contributed by atoms with van der Waals surface area (Å²) in [6.45, 7) is 5.79. The number of nitrogens with one attached hydrogen (secondary N) is 1. The fourth-order valence-electron chi connectivity index (χ4n) is 2.81.